The van der Waals surface area contributed by atoms with E-state index in [1.807, 2.05) is 25.1 Å². The molecule has 3 aromatic rings. The third-order valence-electron chi connectivity index (χ3n) is 5.06. The Morgan fingerprint density at radius 1 is 0.968 bits per heavy atom. The summed E-state index contributed by atoms with van der Waals surface area (Å²) >= 11 is 6.51. The fraction of sp³-hybridized carbons (Fsp3) is 0.308. The molecule has 3 rings (SSSR count). The van der Waals surface area contributed by atoms with Crippen LogP contribution in [0.1, 0.15) is 37.0 Å². The van der Waals surface area contributed by atoms with Crippen molar-refractivity contribution in [3.05, 3.63) is 94.3 Å². The van der Waals surface area contributed by atoms with Gasteiger partial charge in [0, 0.05) is 18.2 Å². The van der Waals surface area contributed by atoms with Gasteiger partial charge in [-0.3, -0.25) is 0 Å². The molecule has 0 saturated carbocycles. The second-order valence-corrected chi connectivity index (χ2v) is 7.93. The van der Waals surface area contributed by atoms with Crippen molar-refractivity contribution in [3.63, 3.8) is 0 Å². The molecule has 0 heterocycles. The predicted molar refractivity (Wildman–Crippen MR) is 124 cm³/mol. The molecule has 0 fully saturated rings. The molecule has 0 aliphatic rings. The molecule has 0 aliphatic heterocycles. The van der Waals surface area contributed by atoms with Gasteiger partial charge in [0.25, 0.3) is 0 Å². The molecule has 3 nitrogen and oxygen atoms in total. The van der Waals surface area contributed by atoms with Gasteiger partial charge in [0.2, 0.25) is 0 Å². The fourth-order valence-electron chi connectivity index (χ4n) is 3.31. The van der Waals surface area contributed by atoms with Gasteiger partial charge in [-0.2, -0.15) is 0 Å². The zero-order chi connectivity index (χ0) is 22.1. The van der Waals surface area contributed by atoms with Crippen molar-refractivity contribution in [3.8, 4) is 11.5 Å². The number of hydrogen-bond donors (Lipinski definition) is 1. The van der Waals surface area contributed by atoms with Crippen LogP contribution in [0.15, 0.2) is 66.7 Å². The van der Waals surface area contributed by atoms with Crippen molar-refractivity contribution in [2.24, 2.45) is 0 Å². The molecule has 0 saturated heterocycles. The molecule has 0 radical (unpaired) electrons. The van der Waals surface area contributed by atoms with E-state index in [0.29, 0.717) is 41.3 Å². The first-order valence-electron chi connectivity index (χ1n) is 10.7. The Bertz CT molecular complexity index is 965. The minimum Gasteiger partial charge on any atom is -0.490 e. The zero-order valence-corrected chi connectivity index (χ0v) is 18.8. The van der Waals surface area contributed by atoms with Crippen molar-refractivity contribution in [1.82, 2.24) is 5.32 Å². The molecule has 0 spiro atoms. The summed E-state index contributed by atoms with van der Waals surface area (Å²) in [6, 6.07) is 21.2. The maximum atomic E-state index is 13.9. The van der Waals surface area contributed by atoms with Gasteiger partial charge in [0.15, 0.2) is 11.5 Å². The third-order valence-corrected chi connectivity index (χ3v) is 5.34. The van der Waals surface area contributed by atoms with Gasteiger partial charge in [0.05, 0.1) is 11.6 Å². The summed E-state index contributed by atoms with van der Waals surface area (Å²) in [4.78, 5) is 0. The molecular weight excluding hydrogens is 413 g/mol. The van der Waals surface area contributed by atoms with Crippen LogP contribution in [-0.4, -0.2) is 12.6 Å². The lowest BCUT2D eigenvalue weighted by atomic mass is 10.1. The van der Waals surface area contributed by atoms with E-state index in [1.165, 1.54) is 11.6 Å². The van der Waals surface area contributed by atoms with Gasteiger partial charge in [0.1, 0.15) is 12.4 Å². The highest BCUT2D eigenvalue weighted by molar-refractivity contribution is 6.32. The minimum atomic E-state index is -0.304. The molecule has 0 unspecified atom stereocenters. The molecule has 0 amide bonds. The van der Waals surface area contributed by atoms with E-state index < -0.39 is 0 Å². The Morgan fingerprint density at radius 2 is 1.71 bits per heavy atom. The largest absolute Gasteiger partial charge is 0.490 e. The number of halogens is 2. The molecule has 1 atom stereocenters. The quantitative estimate of drug-likeness (QED) is 0.365. The summed E-state index contributed by atoms with van der Waals surface area (Å²) < 4.78 is 25.5. The Labute approximate surface area is 189 Å². The second kappa shape index (κ2) is 11.7. The predicted octanol–water partition coefficient (Wildman–Crippen LogP) is 6.57. The second-order valence-electron chi connectivity index (χ2n) is 7.52. The van der Waals surface area contributed by atoms with Crippen LogP contribution in [0.3, 0.4) is 0 Å². The number of ether oxygens (including phenoxy) is 2. The number of hydrogen-bond acceptors (Lipinski definition) is 3. The summed E-state index contributed by atoms with van der Waals surface area (Å²) in [6.07, 6.45) is 2.07. The molecular formula is C26H29ClFNO2. The van der Waals surface area contributed by atoms with Crippen molar-refractivity contribution >= 4 is 11.6 Å². The molecule has 3 aromatic carbocycles. The summed E-state index contributed by atoms with van der Waals surface area (Å²) in [5.74, 6) is 0.703. The minimum absolute atomic E-state index is 0.0839. The molecule has 5 heteroatoms. The number of rotatable bonds is 11. The van der Waals surface area contributed by atoms with E-state index >= 15 is 0 Å². The number of nitrogens with one attached hydrogen (secondary N) is 1. The highest BCUT2D eigenvalue weighted by Crippen LogP contribution is 2.37. The maximum absolute atomic E-state index is 13.9. The first-order valence-corrected chi connectivity index (χ1v) is 11.0. The van der Waals surface area contributed by atoms with Gasteiger partial charge >= 0.3 is 0 Å². The first kappa shape index (κ1) is 23.1. The van der Waals surface area contributed by atoms with E-state index in [2.05, 4.69) is 36.5 Å². The van der Waals surface area contributed by atoms with Crippen LogP contribution in [0.25, 0.3) is 0 Å². The summed E-state index contributed by atoms with van der Waals surface area (Å²) in [7, 11) is 0. The third kappa shape index (κ3) is 6.98. The average molecular weight is 442 g/mol. The number of aryl methyl sites for hydroxylation is 1. The van der Waals surface area contributed by atoms with Gasteiger partial charge in [-0.1, -0.05) is 60.1 Å². The van der Waals surface area contributed by atoms with Crippen LogP contribution in [0.4, 0.5) is 4.39 Å². The molecule has 1 N–H and O–H groups in total. The van der Waals surface area contributed by atoms with Crippen LogP contribution >= 0.6 is 11.6 Å². The lowest BCUT2D eigenvalue weighted by molar-refractivity contribution is 0.265. The van der Waals surface area contributed by atoms with Crippen molar-refractivity contribution in [2.75, 3.05) is 6.61 Å². The first-order chi connectivity index (χ1) is 15.1. The van der Waals surface area contributed by atoms with E-state index in [9.17, 15) is 4.39 Å². The van der Waals surface area contributed by atoms with Gasteiger partial charge in [-0.25, -0.2) is 4.39 Å². The molecule has 31 heavy (non-hydrogen) atoms. The number of benzene rings is 3. The van der Waals surface area contributed by atoms with Crippen LogP contribution < -0.4 is 14.8 Å². The van der Waals surface area contributed by atoms with Crippen molar-refractivity contribution in [1.29, 1.82) is 0 Å². The van der Waals surface area contributed by atoms with Gasteiger partial charge in [-0.05, 0) is 56.0 Å². The van der Waals surface area contributed by atoms with Crippen LogP contribution in [-0.2, 0) is 19.6 Å². The molecule has 0 bridgehead atoms. The summed E-state index contributed by atoms with van der Waals surface area (Å²) in [5.41, 5.74) is 2.83. The summed E-state index contributed by atoms with van der Waals surface area (Å²) in [6.45, 7) is 5.33. The molecule has 0 aromatic heterocycles. The standard InChI is InChI=1S/C26H29ClFNO2/c1-3-30-25-16-21(17-29-19(2)13-14-20-9-5-4-6-10-20)15-23(27)26(25)31-18-22-11-7-8-12-24(22)28/h4-12,15-16,19,29H,3,13-14,17-18H2,1-2H3/t19-/m1/s1. The highest BCUT2D eigenvalue weighted by atomic mass is 35.5. The lowest BCUT2D eigenvalue weighted by Gasteiger charge is -2.17. The maximum Gasteiger partial charge on any atom is 0.180 e. The van der Waals surface area contributed by atoms with E-state index in [0.717, 1.165) is 18.4 Å². The smallest absolute Gasteiger partial charge is 0.180 e. The highest BCUT2D eigenvalue weighted by Gasteiger charge is 2.14. The van der Waals surface area contributed by atoms with Crippen LogP contribution in [0.2, 0.25) is 5.02 Å². The SMILES string of the molecule is CCOc1cc(CN[C@H](C)CCc2ccccc2)cc(Cl)c1OCc1ccccc1F. The normalized spacial score (nSPS) is 11.9. The van der Waals surface area contributed by atoms with Crippen LogP contribution in [0, 0.1) is 5.82 Å². The Balaban J connectivity index is 1.61. The Hall–Kier alpha value is -2.56. The fourth-order valence-corrected chi connectivity index (χ4v) is 3.60. The van der Waals surface area contributed by atoms with E-state index in [-0.39, 0.29) is 12.4 Å². The molecule has 164 valence electrons. The molecule has 0 aliphatic carbocycles. The van der Waals surface area contributed by atoms with Crippen molar-refractivity contribution < 1.29 is 13.9 Å². The Kier molecular flexibility index (Phi) is 8.74. The topological polar surface area (TPSA) is 30.5 Å². The monoisotopic (exact) mass is 441 g/mol. The van der Waals surface area contributed by atoms with E-state index in [4.69, 9.17) is 21.1 Å². The van der Waals surface area contributed by atoms with Gasteiger partial charge in [-0.15, -0.1) is 0 Å². The Morgan fingerprint density at radius 3 is 2.45 bits per heavy atom. The lowest BCUT2D eigenvalue weighted by Crippen LogP contribution is -2.26. The zero-order valence-electron chi connectivity index (χ0n) is 18.0. The van der Waals surface area contributed by atoms with Gasteiger partial charge < -0.3 is 14.8 Å². The van der Waals surface area contributed by atoms with Crippen molar-refractivity contribution in [2.45, 2.75) is 45.9 Å². The van der Waals surface area contributed by atoms with Crippen LogP contribution in [0.5, 0.6) is 11.5 Å². The summed E-state index contributed by atoms with van der Waals surface area (Å²) in [5, 5.41) is 4.00. The average Bonchev–Trinajstić information content (AvgIpc) is 2.77. The van der Waals surface area contributed by atoms with E-state index in [1.54, 1.807) is 18.2 Å².